The summed E-state index contributed by atoms with van der Waals surface area (Å²) >= 11 is 0. The van der Waals surface area contributed by atoms with Crippen molar-refractivity contribution in [3.05, 3.63) is 0 Å². The lowest BCUT2D eigenvalue weighted by Gasteiger charge is -2.25. The lowest BCUT2D eigenvalue weighted by molar-refractivity contribution is 0.0909. The van der Waals surface area contributed by atoms with Crippen LogP contribution in [0.4, 0.5) is 0 Å². The fourth-order valence-electron chi connectivity index (χ4n) is 1.99. The third-order valence-electron chi connectivity index (χ3n) is 2.82. The van der Waals surface area contributed by atoms with E-state index < -0.39 is 0 Å². The molecule has 78 valence electrons. The van der Waals surface area contributed by atoms with E-state index in [-0.39, 0.29) is 6.10 Å². The van der Waals surface area contributed by atoms with E-state index in [0.29, 0.717) is 12.1 Å². The highest BCUT2D eigenvalue weighted by molar-refractivity contribution is 4.80. The lowest BCUT2D eigenvalue weighted by atomic mass is 10.1. The summed E-state index contributed by atoms with van der Waals surface area (Å²) in [7, 11) is 1.77. The summed E-state index contributed by atoms with van der Waals surface area (Å²) in [6.45, 7) is 6.14. The summed E-state index contributed by atoms with van der Waals surface area (Å²) in [5.41, 5.74) is 0. The molecule has 1 aliphatic heterocycles. The molecule has 13 heavy (non-hydrogen) atoms. The van der Waals surface area contributed by atoms with Gasteiger partial charge in [-0.15, -0.1) is 0 Å². The summed E-state index contributed by atoms with van der Waals surface area (Å²) in [6.07, 6.45) is 2.19. The van der Waals surface area contributed by atoms with Crippen LogP contribution in [0.2, 0.25) is 0 Å². The van der Waals surface area contributed by atoms with Crippen molar-refractivity contribution in [1.29, 1.82) is 0 Å². The fourth-order valence-corrected chi connectivity index (χ4v) is 1.99. The van der Waals surface area contributed by atoms with Gasteiger partial charge in [-0.25, -0.2) is 0 Å². The average Bonchev–Trinajstić information content (AvgIpc) is 2.50. The molecule has 0 spiro atoms. The van der Waals surface area contributed by atoms with Crippen molar-refractivity contribution < 1.29 is 9.84 Å². The van der Waals surface area contributed by atoms with E-state index in [0.717, 1.165) is 25.9 Å². The Hall–Kier alpha value is -0.120. The first-order chi connectivity index (χ1) is 6.13. The van der Waals surface area contributed by atoms with Crippen LogP contribution in [-0.2, 0) is 4.74 Å². The normalized spacial score (nSPS) is 29.1. The molecule has 1 heterocycles. The highest BCUT2D eigenvalue weighted by Crippen LogP contribution is 2.17. The quantitative estimate of drug-likeness (QED) is 0.708. The molecule has 3 heteroatoms. The Morgan fingerprint density at radius 2 is 2.23 bits per heavy atom. The van der Waals surface area contributed by atoms with Crippen LogP contribution in [0.3, 0.4) is 0 Å². The van der Waals surface area contributed by atoms with Gasteiger partial charge < -0.3 is 9.84 Å². The number of nitrogens with zero attached hydrogens (tertiary/aromatic N) is 1. The Kier molecular flexibility index (Phi) is 4.16. The summed E-state index contributed by atoms with van der Waals surface area (Å²) in [4.78, 5) is 2.39. The van der Waals surface area contributed by atoms with Crippen LogP contribution in [-0.4, -0.2) is 48.5 Å². The van der Waals surface area contributed by atoms with Gasteiger partial charge in [-0.05, 0) is 26.7 Å². The van der Waals surface area contributed by atoms with Gasteiger partial charge in [0.05, 0.1) is 12.2 Å². The van der Waals surface area contributed by atoms with E-state index in [1.807, 2.05) is 6.92 Å². The topological polar surface area (TPSA) is 32.7 Å². The Bertz CT molecular complexity index is 150. The van der Waals surface area contributed by atoms with Crippen molar-refractivity contribution in [2.45, 2.75) is 44.9 Å². The maximum atomic E-state index is 9.25. The van der Waals surface area contributed by atoms with Gasteiger partial charge in [0.2, 0.25) is 0 Å². The van der Waals surface area contributed by atoms with Crippen molar-refractivity contribution in [1.82, 2.24) is 4.90 Å². The van der Waals surface area contributed by atoms with Gasteiger partial charge in [-0.3, -0.25) is 4.90 Å². The molecule has 1 aliphatic rings. The smallest absolute Gasteiger partial charge is 0.0710 e. The molecule has 0 aromatic rings. The van der Waals surface area contributed by atoms with Gasteiger partial charge in [0.15, 0.2) is 0 Å². The standard InChI is InChI=1S/C10H21NO2/c1-8(6-9(2)12)11-5-4-10(7-11)13-3/h8-10,12H,4-7H2,1-3H3. The molecular formula is C10H21NO2. The Balaban J connectivity index is 2.28. The highest BCUT2D eigenvalue weighted by Gasteiger charge is 2.26. The van der Waals surface area contributed by atoms with Crippen molar-refractivity contribution in [2.75, 3.05) is 20.2 Å². The van der Waals surface area contributed by atoms with Crippen LogP contribution in [0.1, 0.15) is 26.7 Å². The van der Waals surface area contributed by atoms with Crippen molar-refractivity contribution in [2.24, 2.45) is 0 Å². The predicted octanol–water partition coefficient (Wildman–Crippen LogP) is 0.866. The first-order valence-electron chi connectivity index (χ1n) is 5.08. The second kappa shape index (κ2) is 4.94. The molecule has 0 aliphatic carbocycles. The lowest BCUT2D eigenvalue weighted by Crippen LogP contribution is -2.34. The molecule has 1 N–H and O–H groups in total. The number of likely N-dealkylation sites (tertiary alicyclic amines) is 1. The van der Waals surface area contributed by atoms with Crippen molar-refractivity contribution >= 4 is 0 Å². The maximum absolute atomic E-state index is 9.25. The number of rotatable bonds is 4. The summed E-state index contributed by atoms with van der Waals surface area (Å²) < 4.78 is 5.29. The molecular weight excluding hydrogens is 166 g/mol. The predicted molar refractivity (Wildman–Crippen MR) is 52.7 cm³/mol. The van der Waals surface area contributed by atoms with Crippen molar-refractivity contribution in [3.63, 3.8) is 0 Å². The average molecular weight is 187 g/mol. The van der Waals surface area contributed by atoms with Crippen molar-refractivity contribution in [3.8, 4) is 0 Å². The number of aliphatic hydroxyl groups is 1. The molecule has 3 nitrogen and oxygen atoms in total. The highest BCUT2D eigenvalue weighted by atomic mass is 16.5. The number of methoxy groups -OCH3 is 1. The van der Waals surface area contributed by atoms with Gasteiger partial charge in [0.1, 0.15) is 0 Å². The van der Waals surface area contributed by atoms with Crippen LogP contribution in [0, 0.1) is 0 Å². The molecule has 0 saturated carbocycles. The fraction of sp³-hybridized carbons (Fsp3) is 1.00. The SMILES string of the molecule is COC1CCN(C(C)CC(C)O)C1. The molecule has 3 unspecified atom stereocenters. The van der Waals surface area contributed by atoms with Gasteiger partial charge in [-0.2, -0.15) is 0 Å². The maximum Gasteiger partial charge on any atom is 0.0710 e. The summed E-state index contributed by atoms with van der Waals surface area (Å²) in [5.74, 6) is 0. The van der Waals surface area contributed by atoms with E-state index in [1.54, 1.807) is 7.11 Å². The van der Waals surface area contributed by atoms with Crippen LogP contribution in [0.5, 0.6) is 0 Å². The monoisotopic (exact) mass is 187 g/mol. The number of hydrogen-bond donors (Lipinski definition) is 1. The largest absolute Gasteiger partial charge is 0.393 e. The number of ether oxygens (including phenoxy) is 1. The van der Waals surface area contributed by atoms with E-state index in [1.165, 1.54) is 0 Å². The minimum Gasteiger partial charge on any atom is -0.393 e. The molecule has 0 aromatic carbocycles. The molecule has 0 amide bonds. The second-order valence-corrected chi connectivity index (χ2v) is 4.08. The summed E-state index contributed by atoms with van der Waals surface area (Å²) in [5, 5.41) is 9.25. The first-order valence-corrected chi connectivity index (χ1v) is 5.08. The molecule has 1 fully saturated rings. The minimum absolute atomic E-state index is 0.198. The van der Waals surface area contributed by atoms with E-state index in [4.69, 9.17) is 4.74 Å². The molecule has 0 bridgehead atoms. The first kappa shape index (κ1) is 11.0. The van der Waals surface area contributed by atoms with Crippen LogP contribution < -0.4 is 0 Å². The Morgan fingerprint density at radius 1 is 1.54 bits per heavy atom. The molecule has 0 radical (unpaired) electrons. The number of hydrogen-bond acceptors (Lipinski definition) is 3. The zero-order chi connectivity index (χ0) is 9.84. The van der Waals surface area contributed by atoms with Gasteiger partial charge in [0.25, 0.3) is 0 Å². The Morgan fingerprint density at radius 3 is 2.69 bits per heavy atom. The zero-order valence-electron chi connectivity index (χ0n) is 8.86. The van der Waals surface area contributed by atoms with Crippen LogP contribution >= 0.6 is 0 Å². The third-order valence-corrected chi connectivity index (χ3v) is 2.82. The summed E-state index contributed by atoms with van der Waals surface area (Å²) in [6, 6.07) is 0.472. The molecule has 3 atom stereocenters. The van der Waals surface area contributed by atoms with Gasteiger partial charge in [-0.1, -0.05) is 0 Å². The van der Waals surface area contributed by atoms with E-state index in [9.17, 15) is 5.11 Å². The second-order valence-electron chi connectivity index (χ2n) is 4.08. The van der Waals surface area contributed by atoms with Gasteiger partial charge >= 0.3 is 0 Å². The Labute approximate surface area is 80.7 Å². The van der Waals surface area contributed by atoms with E-state index in [2.05, 4.69) is 11.8 Å². The van der Waals surface area contributed by atoms with Crippen LogP contribution in [0.15, 0.2) is 0 Å². The third kappa shape index (κ3) is 3.25. The molecule has 1 rings (SSSR count). The van der Waals surface area contributed by atoms with E-state index >= 15 is 0 Å². The zero-order valence-corrected chi connectivity index (χ0v) is 8.86. The van der Waals surface area contributed by atoms with Gasteiger partial charge in [0, 0.05) is 26.2 Å². The molecule has 0 aromatic heterocycles. The minimum atomic E-state index is -0.198. The number of aliphatic hydroxyl groups excluding tert-OH is 1. The van der Waals surface area contributed by atoms with Crippen LogP contribution in [0.25, 0.3) is 0 Å². The molecule has 1 saturated heterocycles.